The van der Waals surface area contributed by atoms with Gasteiger partial charge in [-0.1, -0.05) is 11.6 Å². The molecule has 66 valence electrons. The maximum Gasteiger partial charge on any atom is 0.103 e. The van der Waals surface area contributed by atoms with E-state index in [2.05, 4.69) is 0 Å². The van der Waals surface area contributed by atoms with Crippen molar-refractivity contribution in [3.05, 3.63) is 0 Å². The van der Waals surface area contributed by atoms with E-state index in [0.29, 0.717) is 19.3 Å². The molecule has 0 rings (SSSR count). The van der Waals surface area contributed by atoms with E-state index >= 15 is 0 Å². The molecule has 0 aromatic rings. The van der Waals surface area contributed by atoms with Gasteiger partial charge in [0.2, 0.25) is 0 Å². The van der Waals surface area contributed by atoms with E-state index in [9.17, 15) is 0 Å². The molecule has 0 saturated heterocycles. The van der Waals surface area contributed by atoms with Gasteiger partial charge in [-0.3, -0.25) is 5.41 Å². The van der Waals surface area contributed by atoms with Gasteiger partial charge in [0, 0.05) is 18.2 Å². The van der Waals surface area contributed by atoms with Crippen LogP contribution < -0.4 is 5.73 Å². The van der Waals surface area contributed by atoms with Crippen LogP contribution in [-0.4, -0.2) is 21.9 Å². The van der Waals surface area contributed by atoms with Gasteiger partial charge in [0.15, 0.2) is 0 Å². The number of nitrogens with one attached hydrogen (secondary N) is 1. The summed E-state index contributed by atoms with van der Waals surface area (Å²) in [5.74, 6) is 0. The van der Waals surface area contributed by atoms with Gasteiger partial charge >= 0.3 is 0 Å². The molecule has 0 amide bonds. The Morgan fingerprint density at radius 3 is 2.55 bits per heavy atom. The molecule has 0 saturated carbocycles. The molecule has 11 heavy (non-hydrogen) atoms. The number of hydrogen-bond acceptors (Lipinski definition) is 3. The van der Waals surface area contributed by atoms with Crippen LogP contribution >= 0.6 is 23.2 Å². The molecule has 0 spiro atoms. The van der Waals surface area contributed by atoms with Crippen LogP contribution in [0.25, 0.3) is 0 Å². The van der Waals surface area contributed by atoms with E-state index in [4.69, 9.17) is 39.5 Å². The van der Waals surface area contributed by atoms with Crippen molar-refractivity contribution in [3.8, 4) is 0 Å². The quantitative estimate of drug-likeness (QED) is 0.354. The summed E-state index contributed by atoms with van der Waals surface area (Å²) in [7, 11) is 0. The van der Waals surface area contributed by atoms with Gasteiger partial charge in [-0.15, -0.1) is 11.6 Å². The number of aliphatic hydroxyl groups is 1. The molecule has 0 aliphatic heterocycles. The maximum absolute atomic E-state index is 8.69. The largest absolute Gasteiger partial charge is 0.379 e. The van der Waals surface area contributed by atoms with E-state index in [1.165, 1.54) is 0 Å². The second kappa shape index (κ2) is 5.77. The number of nitrogens with two attached hydrogens (primary N) is 1. The van der Waals surface area contributed by atoms with Gasteiger partial charge in [0.05, 0.1) is 5.17 Å². The lowest BCUT2D eigenvalue weighted by Crippen LogP contribution is -2.23. The Morgan fingerprint density at radius 2 is 2.18 bits per heavy atom. The van der Waals surface area contributed by atoms with Gasteiger partial charge in [0.1, 0.15) is 6.23 Å². The molecule has 2 atom stereocenters. The third kappa shape index (κ3) is 8.07. The molecule has 0 aromatic heterocycles. The van der Waals surface area contributed by atoms with Gasteiger partial charge < -0.3 is 10.8 Å². The van der Waals surface area contributed by atoms with Crippen molar-refractivity contribution < 1.29 is 5.11 Å². The van der Waals surface area contributed by atoms with Gasteiger partial charge in [0.25, 0.3) is 0 Å². The summed E-state index contributed by atoms with van der Waals surface area (Å²) in [5.41, 5.74) is 5.08. The van der Waals surface area contributed by atoms with Crippen molar-refractivity contribution >= 4 is 28.4 Å². The van der Waals surface area contributed by atoms with Crippen molar-refractivity contribution in [2.45, 2.75) is 30.9 Å². The molecule has 5 heteroatoms. The van der Waals surface area contributed by atoms with Gasteiger partial charge in [-0.2, -0.15) is 0 Å². The second-order valence-electron chi connectivity index (χ2n) is 2.34. The Bertz CT molecular complexity index is 130. The number of rotatable bonds is 5. The van der Waals surface area contributed by atoms with Crippen LogP contribution in [0.15, 0.2) is 0 Å². The molecule has 2 unspecified atom stereocenters. The van der Waals surface area contributed by atoms with Crippen LogP contribution in [0.5, 0.6) is 0 Å². The summed E-state index contributed by atoms with van der Waals surface area (Å²) in [5, 5.41) is 15.5. The Labute approximate surface area is 76.0 Å². The summed E-state index contributed by atoms with van der Waals surface area (Å²) >= 11 is 11.0. The number of alkyl halides is 1. The van der Waals surface area contributed by atoms with Gasteiger partial charge in [-0.25, -0.2) is 0 Å². The highest BCUT2D eigenvalue weighted by molar-refractivity contribution is 6.64. The third-order valence-corrected chi connectivity index (χ3v) is 1.76. The van der Waals surface area contributed by atoms with E-state index in [0.717, 1.165) is 0 Å². The average Bonchev–Trinajstić information content (AvgIpc) is 1.82. The molecule has 0 fully saturated rings. The van der Waals surface area contributed by atoms with Crippen molar-refractivity contribution in [2.24, 2.45) is 5.73 Å². The topological polar surface area (TPSA) is 70.1 Å². The fourth-order valence-electron chi connectivity index (χ4n) is 0.663. The predicted octanol–water partition coefficient (Wildman–Crippen LogP) is 1.26. The van der Waals surface area contributed by atoms with Crippen LogP contribution in [0.3, 0.4) is 0 Å². The summed E-state index contributed by atoms with van der Waals surface area (Å²) in [6.45, 7) is 0. The fraction of sp³-hybridized carbons (Fsp3) is 0.833. The number of aliphatic hydroxyl groups excluding tert-OH is 1. The summed E-state index contributed by atoms with van der Waals surface area (Å²) in [6.07, 6.45) is 0.494. The first kappa shape index (κ1) is 11.2. The normalized spacial score (nSPS) is 16.0. The molecule has 3 nitrogen and oxygen atoms in total. The average molecular weight is 199 g/mol. The van der Waals surface area contributed by atoms with E-state index in [1.807, 2.05) is 0 Å². The van der Waals surface area contributed by atoms with E-state index in [-0.39, 0.29) is 10.5 Å². The standard InChI is InChI=1S/C6H12Cl2N2O/c7-4(3-6(10)11)1-2-5(8)9/h4,6,9,11H,1-3,10H2. The summed E-state index contributed by atoms with van der Waals surface area (Å²) < 4.78 is 0. The monoisotopic (exact) mass is 198 g/mol. The minimum atomic E-state index is -0.873. The van der Waals surface area contributed by atoms with E-state index < -0.39 is 6.23 Å². The number of halogens is 2. The zero-order chi connectivity index (χ0) is 8.85. The van der Waals surface area contributed by atoms with Gasteiger partial charge in [-0.05, 0) is 6.42 Å². The molecular weight excluding hydrogens is 187 g/mol. The first-order valence-corrected chi connectivity index (χ1v) is 4.14. The van der Waals surface area contributed by atoms with Crippen molar-refractivity contribution in [3.63, 3.8) is 0 Å². The lowest BCUT2D eigenvalue weighted by molar-refractivity contribution is 0.170. The van der Waals surface area contributed by atoms with Crippen LogP contribution in [0.4, 0.5) is 0 Å². The highest BCUT2D eigenvalue weighted by Crippen LogP contribution is 2.11. The molecule has 0 aliphatic rings. The summed E-state index contributed by atoms with van der Waals surface area (Å²) in [4.78, 5) is 0. The Balaban J connectivity index is 3.37. The molecule has 0 aromatic carbocycles. The zero-order valence-electron chi connectivity index (χ0n) is 6.06. The Morgan fingerprint density at radius 1 is 1.64 bits per heavy atom. The first-order chi connectivity index (χ1) is 5.02. The van der Waals surface area contributed by atoms with Crippen molar-refractivity contribution in [1.29, 1.82) is 5.41 Å². The molecular formula is C6H12Cl2N2O. The Hall–Kier alpha value is 0.170. The highest BCUT2D eigenvalue weighted by atomic mass is 35.5. The lowest BCUT2D eigenvalue weighted by atomic mass is 10.2. The highest BCUT2D eigenvalue weighted by Gasteiger charge is 2.08. The third-order valence-electron chi connectivity index (χ3n) is 1.17. The van der Waals surface area contributed by atoms with Crippen LogP contribution in [0.1, 0.15) is 19.3 Å². The SMILES string of the molecule is N=C(Cl)CCC(Cl)CC(N)O. The predicted molar refractivity (Wildman–Crippen MR) is 47.3 cm³/mol. The molecule has 0 heterocycles. The van der Waals surface area contributed by atoms with Crippen molar-refractivity contribution in [2.75, 3.05) is 0 Å². The van der Waals surface area contributed by atoms with E-state index in [1.54, 1.807) is 0 Å². The molecule has 0 aliphatic carbocycles. The fourth-order valence-corrected chi connectivity index (χ4v) is 1.06. The first-order valence-electron chi connectivity index (χ1n) is 3.33. The van der Waals surface area contributed by atoms with Crippen LogP contribution in [0.2, 0.25) is 0 Å². The molecule has 0 bridgehead atoms. The lowest BCUT2D eigenvalue weighted by Gasteiger charge is -2.09. The second-order valence-corrected chi connectivity index (χ2v) is 3.42. The number of hydrogen-bond donors (Lipinski definition) is 3. The Kier molecular flexibility index (Phi) is 5.86. The minimum Gasteiger partial charge on any atom is -0.379 e. The van der Waals surface area contributed by atoms with Crippen molar-refractivity contribution in [1.82, 2.24) is 0 Å². The molecule has 4 N–H and O–H groups in total. The smallest absolute Gasteiger partial charge is 0.103 e. The minimum absolute atomic E-state index is 0.0853. The maximum atomic E-state index is 8.69. The zero-order valence-corrected chi connectivity index (χ0v) is 7.57. The molecule has 0 radical (unpaired) electrons. The van der Waals surface area contributed by atoms with Crippen LogP contribution in [0, 0.1) is 5.41 Å². The van der Waals surface area contributed by atoms with Crippen LogP contribution in [-0.2, 0) is 0 Å². The summed E-state index contributed by atoms with van der Waals surface area (Å²) in [6, 6.07) is 0.